The predicted molar refractivity (Wildman–Crippen MR) is 56.4 cm³/mol. The van der Waals surface area contributed by atoms with E-state index in [-0.39, 0.29) is 5.75 Å². The number of aliphatic hydroxyl groups excluding tert-OH is 1. The van der Waals surface area contributed by atoms with E-state index in [2.05, 4.69) is 4.74 Å². The number of aliphatic hydroxyl groups is 1. The number of hydrogen-bond acceptors (Lipinski definition) is 3. The molecule has 2 atom stereocenters. The van der Waals surface area contributed by atoms with E-state index in [0.29, 0.717) is 12.0 Å². The van der Waals surface area contributed by atoms with Crippen LogP contribution in [0.2, 0.25) is 0 Å². The summed E-state index contributed by atoms with van der Waals surface area (Å²) < 4.78 is 39.8. The molecule has 96 valence electrons. The van der Waals surface area contributed by atoms with E-state index in [1.807, 2.05) is 0 Å². The lowest BCUT2D eigenvalue weighted by Crippen LogP contribution is -2.25. The van der Waals surface area contributed by atoms with E-state index in [0.717, 1.165) is 0 Å². The molecule has 0 fully saturated rings. The van der Waals surface area contributed by atoms with Crippen LogP contribution in [0.15, 0.2) is 24.3 Å². The molecule has 1 aromatic carbocycles. The standard InChI is InChI=1S/C11H14F3NO2/c1-2-9(16)10(15)7-4-3-5-8(6-7)17-11(12,13)14/h3-6,9-10,16H,2,15H2,1H3/t9-,10+/m0/s1. The van der Waals surface area contributed by atoms with Gasteiger partial charge in [-0.05, 0) is 24.1 Å². The van der Waals surface area contributed by atoms with Crippen LogP contribution in [-0.4, -0.2) is 17.6 Å². The smallest absolute Gasteiger partial charge is 0.406 e. The van der Waals surface area contributed by atoms with Gasteiger partial charge in [0, 0.05) is 0 Å². The Kier molecular flexibility index (Phi) is 4.36. The summed E-state index contributed by atoms with van der Waals surface area (Å²) in [6.07, 6.45) is -5.10. The molecule has 0 aliphatic heterocycles. The first-order chi connectivity index (χ1) is 7.83. The van der Waals surface area contributed by atoms with Crippen LogP contribution in [-0.2, 0) is 0 Å². The van der Waals surface area contributed by atoms with E-state index < -0.39 is 18.5 Å². The van der Waals surface area contributed by atoms with Crippen molar-refractivity contribution in [1.82, 2.24) is 0 Å². The number of ether oxygens (including phenoxy) is 1. The zero-order valence-corrected chi connectivity index (χ0v) is 9.24. The van der Waals surface area contributed by atoms with E-state index >= 15 is 0 Å². The second-order valence-electron chi connectivity index (χ2n) is 3.62. The van der Waals surface area contributed by atoms with Crippen LogP contribution >= 0.6 is 0 Å². The van der Waals surface area contributed by atoms with Gasteiger partial charge in [0.1, 0.15) is 5.75 Å². The normalized spacial score (nSPS) is 15.4. The molecular formula is C11H14F3NO2. The number of hydrogen-bond donors (Lipinski definition) is 2. The number of benzene rings is 1. The van der Waals surface area contributed by atoms with Crippen molar-refractivity contribution in [2.24, 2.45) is 5.73 Å². The summed E-state index contributed by atoms with van der Waals surface area (Å²) in [5.41, 5.74) is 6.10. The Balaban J connectivity index is 2.86. The van der Waals surface area contributed by atoms with Crippen LogP contribution in [0.1, 0.15) is 24.9 Å². The van der Waals surface area contributed by atoms with Gasteiger partial charge in [0.05, 0.1) is 12.1 Å². The molecule has 0 heterocycles. The lowest BCUT2D eigenvalue weighted by Gasteiger charge is -2.18. The minimum absolute atomic E-state index is 0.339. The highest BCUT2D eigenvalue weighted by atomic mass is 19.4. The number of rotatable bonds is 4. The van der Waals surface area contributed by atoms with E-state index in [1.165, 1.54) is 18.2 Å². The molecule has 0 bridgehead atoms. The Morgan fingerprint density at radius 3 is 2.59 bits per heavy atom. The summed E-state index contributed by atoms with van der Waals surface area (Å²) >= 11 is 0. The third kappa shape index (κ3) is 4.24. The van der Waals surface area contributed by atoms with Gasteiger partial charge in [-0.1, -0.05) is 19.1 Å². The molecule has 0 spiro atoms. The summed E-state index contributed by atoms with van der Waals surface area (Å²) in [5, 5.41) is 9.52. The van der Waals surface area contributed by atoms with Crippen LogP contribution < -0.4 is 10.5 Å². The topological polar surface area (TPSA) is 55.5 Å². The van der Waals surface area contributed by atoms with Gasteiger partial charge in [0.2, 0.25) is 0 Å². The second-order valence-corrected chi connectivity index (χ2v) is 3.62. The molecule has 0 saturated carbocycles. The molecule has 0 aromatic heterocycles. The Labute approximate surface area is 97.0 Å². The van der Waals surface area contributed by atoms with Gasteiger partial charge in [0.15, 0.2) is 0 Å². The van der Waals surface area contributed by atoms with Crippen molar-refractivity contribution in [3.05, 3.63) is 29.8 Å². The van der Waals surface area contributed by atoms with Gasteiger partial charge < -0.3 is 15.6 Å². The molecule has 1 aromatic rings. The Hall–Kier alpha value is -1.27. The van der Waals surface area contributed by atoms with Gasteiger partial charge in [-0.15, -0.1) is 13.2 Å². The average Bonchev–Trinajstić information content (AvgIpc) is 2.25. The first-order valence-corrected chi connectivity index (χ1v) is 5.13. The van der Waals surface area contributed by atoms with E-state index in [4.69, 9.17) is 5.73 Å². The fourth-order valence-corrected chi connectivity index (χ4v) is 1.40. The minimum atomic E-state index is -4.73. The van der Waals surface area contributed by atoms with Crippen LogP contribution in [0.5, 0.6) is 5.75 Å². The van der Waals surface area contributed by atoms with Crippen LogP contribution in [0.25, 0.3) is 0 Å². The quantitative estimate of drug-likeness (QED) is 0.861. The van der Waals surface area contributed by atoms with Gasteiger partial charge in [-0.3, -0.25) is 0 Å². The zero-order chi connectivity index (χ0) is 13.1. The van der Waals surface area contributed by atoms with Gasteiger partial charge in [-0.2, -0.15) is 0 Å². The molecule has 17 heavy (non-hydrogen) atoms. The third-order valence-electron chi connectivity index (χ3n) is 2.31. The van der Waals surface area contributed by atoms with E-state index in [1.54, 1.807) is 13.0 Å². The molecule has 3 N–H and O–H groups in total. The van der Waals surface area contributed by atoms with Crippen molar-refractivity contribution in [2.45, 2.75) is 31.9 Å². The SMILES string of the molecule is CC[C@H](O)[C@H](N)c1cccc(OC(F)(F)F)c1. The summed E-state index contributed by atoms with van der Waals surface area (Å²) in [5.74, 6) is -0.339. The van der Waals surface area contributed by atoms with Crippen LogP contribution in [0.4, 0.5) is 13.2 Å². The zero-order valence-electron chi connectivity index (χ0n) is 9.24. The fourth-order valence-electron chi connectivity index (χ4n) is 1.40. The van der Waals surface area contributed by atoms with Crippen molar-refractivity contribution < 1.29 is 23.0 Å². The summed E-state index contributed by atoms with van der Waals surface area (Å²) in [6.45, 7) is 1.74. The Morgan fingerprint density at radius 1 is 1.41 bits per heavy atom. The maximum absolute atomic E-state index is 12.0. The Bertz CT molecular complexity index is 368. The maximum Gasteiger partial charge on any atom is 0.573 e. The first-order valence-electron chi connectivity index (χ1n) is 5.13. The molecule has 0 amide bonds. The van der Waals surface area contributed by atoms with Crippen LogP contribution in [0, 0.1) is 0 Å². The molecule has 1 rings (SSSR count). The van der Waals surface area contributed by atoms with E-state index in [9.17, 15) is 18.3 Å². The largest absolute Gasteiger partial charge is 0.573 e. The van der Waals surface area contributed by atoms with Crippen molar-refractivity contribution in [2.75, 3.05) is 0 Å². The van der Waals surface area contributed by atoms with Crippen molar-refractivity contribution >= 4 is 0 Å². The van der Waals surface area contributed by atoms with Crippen LogP contribution in [0.3, 0.4) is 0 Å². The van der Waals surface area contributed by atoms with Gasteiger partial charge in [-0.25, -0.2) is 0 Å². The Morgan fingerprint density at radius 2 is 2.06 bits per heavy atom. The highest BCUT2D eigenvalue weighted by molar-refractivity contribution is 5.31. The fraction of sp³-hybridized carbons (Fsp3) is 0.455. The second kappa shape index (κ2) is 5.37. The highest BCUT2D eigenvalue weighted by Gasteiger charge is 2.31. The third-order valence-corrected chi connectivity index (χ3v) is 2.31. The monoisotopic (exact) mass is 249 g/mol. The van der Waals surface area contributed by atoms with Gasteiger partial charge in [0.25, 0.3) is 0 Å². The molecule has 0 saturated heterocycles. The molecule has 6 heteroatoms. The molecular weight excluding hydrogens is 235 g/mol. The average molecular weight is 249 g/mol. The van der Waals surface area contributed by atoms with Gasteiger partial charge >= 0.3 is 6.36 Å². The molecule has 0 aliphatic rings. The molecule has 3 nitrogen and oxygen atoms in total. The first kappa shape index (κ1) is 13.8. The minimum Gasteiger partial charge on any atom is -0.406 e. The summed E-state index contributed by atoms with van der Waals surface area (Å²) in [7, 11) is 0. The summed E-state index contributed by atoms with van der Waals surface area (Å²) in [4.78, 5) is 0. The summed E-state index contributed by atoms with van der Waals surface area (Å²) in [6, 6.07) is 4.58. The lowest BCUT2D eigenvalue weighted by molar-refractivity contribution is -0.274. The predicted octanol–water partition coefficient (Wildman–Crippen LogP) is 2.36. The van der Waals surface area contributed by atoms with Crippen molar-refractivity contribution in [3.8, 4) is 5.75 Å². The van der Waals surface area contributed by atoms with Crippen molar-refractivity contribution in [3.63, 3.8) is 0 Å². The molecule has 0 radical (unpaired) electrons. The molecule has 0 unspecified atom stereocenters. The maximum atomic E-state index is 12.0. The number of alkyl halides is 3. The van der Waals surface area contributed by atoms with Crippen molar-refractivity contribution in [1.29, 1.82) is 0 Å². The number of nitrogens with two attached hydrogens (primary N) is 1. The number of halogens is 3. The highest BCUT2D eigenvalue weighted by Crippen LogP contribution is 2.26. The molecule has 0 aliphatic carbocycles. The lowest BCUT2D eigenvalue weighted by atomic mass is 10.0.